The van der Waals surface area contributed by atoms with Crippen molar-refractivity contribution in [2.24, 2.45) is 11.7 Å². The maximum Gasteiger partial charge on any atom is 0.242 e. The fourth-order valence-corrected chi connectivity index (χ4v) is 5.27. The zero-order valence-electron chi connectivity index (χ0n) is 18.1. The van der Waals surface area contributed by atoms with Gasteiger partial charge in [-0.05, 0) is 37.2 Å². The molecular formula is C21H32N6O4S. The zero-order chi connectivity index (χ0) is 23.1. The molecule has 0 spiro atoms. The van der Waals surface area contributed by atoms with Gasteiger partial charge in [0.15, 0.2) is 5.96 Å². The van der Waals surface area contributed by atoms with Crippen molar-refractivity contribution in [3.63, 3.8) is 0 Å². The number of rotatable bonds is 8. The molecule has 32 heavy (non-hydrogen) atoms. The third kappa shape index (κ3) is 6.67. The van der Waals surface area contributed by atoms with Gasteiger partial charge in [0.2, 0.25) is 21.8 Å². The van der Waals surface area contributed by atoms with Gasteiger partial charge in [0.05, 0.1) is 12.3 Å². The molecule has 10 nitrogen and oxygen atoms in total. The molecule has 1 aromatic rings. The van der Waals surface area contributed by atoms with Crippen molar-refractivity contribution >= 4 is 27.8 Å². The summed E-state index contributed by atoms with van der Waals surface area (Å²) in [6.45, 7) is 2.00. The standard InChI is InChI=1S/C21H32N6O4S/c22-21(23)26-11-8-16(9-12-26)13-24-20(29)18-7-4-10-27(18)19(28)14-25-32(30,31)15-17-5-2-1-3-6-17/h1-3,5-6,16,18,25H,4,7-15H2,(H3,22,23)(H,24,29)/t18-/m0/s1. The van der Waals surface area contributed by atoms with Crippen LogP contribution in [0, 0.1) is 11.3 Å². The van der Waals surface area contributed by atoms with Crippen molar-refractivity contribution in [2.45, 2.75) is 37.5 Å². The van der Waals surface area contributed by atoms with Crippen LogP contribution < -0.4 is 15.8 Å². The second-order valence-corrected chi connectivity index (χ2v) is 10.2. The maximum atomic E-state index is 12.7. The number of carbonyl (C=O) groups excluding carboxylic acids is 2. The minimum Gasteiger partial charge on any atom is -0.370 e. The number of nitrogens with two attached hydrogens (primary N) is 1. The molecule has 0 bridgehead atoms. The first kappa shape index (κ1) is 24.0. The van der Waals surface area contributed by atoms with E-state index in [-0.39, 0.29) is 24.2 Å². The number of likely N-dealkylation sites (tertiary alicyclic amines) is 2. The summed E-state index contributed by atoms with van der Waals surface area (Å²) in [6, 6.07) is 8.18. The molecule has 2 amide bonds. The summed E-state index contributed by atoms with van der Waals surface area (Å²) in [6.07, 6.45) is 2.96. The van der Waals surface area contributed by atoms with Crippen LogP contribution in [0.4, 0.5) is 0 Å². The molecule has 0 aliphatic carbocycles. The van der Waals surface area contributed by atoms with Crippen molar-refractivity contribution in [3.05, 3.63) is 35.9 Å². The van der Waals surface area contributed by atoms with Crippen molar-refractivity contribution in [1.29, 1.82) is 5.41 Å². The minimum absolute atomic E-state index is 0.0759. The van der Waals surface area contributed by atoms with Crippen molar-refractivity contribution in [1.82, 2.24) is 19.8 Å². The van der Waals surface area contributed by atoms with E-state index >= 15 is 0 Å². The Labute approximate surface area is 189 Å². The van der Waals surface area contributed by atoms with Gasteiger partial charge in [-0.3, -0.25) is 15.0 Å². The van der Waals surface area contributed by atoms with E-state index in [1.807, 2.05) is 4.90 Å². The fourth-order valence-electron chi connectivity index (χ4n) is 4.20. The Kier molecular flexibility index (Phi) is 8.08. The van der Waals surface area contributed by atoms with Crippen LogP contribution in [-0.2, 0) is 25.4 Å². The Morgan fingerprint density at radius 1 is 1.09 bits per heavy atom. The smallest absolute Gasteiger partial charge is 0.242 e. The number of carbonyl (C=O) groups is 2. The van der Waals surface area contributed by atoms with Gasteiger partial charge in [0.25, 0.3) is 0 Å². The first-order valence-electron chi connectivity index (χ1n) is 10.9. The SMILES string of the molecule is N=C(N)N1CCC(CNC(=O)[C@@H]2CCCN2C(=O)CNS(=O)(=O)Cc2ccccc2)CC1. The summed E-state index contributed by atoms with van der Waals surface area (Å²) in [5.41, 5.74) is 6.15. The molecule has 2 fully saturated rings. The maximum absolute atomic E-state index is 12.7. The van der Waals surface area contributed by atoms with Gasteiger partial charge in [0, 0.05) is 26.2 Å². The Bertz CT molecular complexity index is 915. The quantitative estimate of drug-likeness (QED) is 0.310. The third-order valence-corrected chi connectivity index (χ3v) is 7.34. The number of piperidine rings is 1. The van der Waals surface area contributed by atoms with Crippen LogP contribution in [-0.4, -0.2) is 74.8 Å². The Balaban J connectivity index is 1.45. The number of benzene rings is 1. The summed E-state index contributed by atoms with van der Waals surface area (Å²) in [7, 11) is -3.66. The molecule has 176 valence electrons. The summed E-state index contributed by atoms with van der Waals surface area (Å²) < 4.78 is 26.9. The number of nitrogens with zero attached hydrogens (tertiary/aromatic N) is 2. The molecule has 2 aliphatic heterocycles. The number of amides is 2. The van der Waals surface area contributed by atoms with E-state index in [0.717, 1.165) is 12.8 Å². The normalized spacial score (nSPS) is 19.7. The molecule has 0 radical (unpaired) electrons. The molecule has 11 heteroatoms. The lowest BCUT2D eigenvalue weighted by Crippen LogP contribution is -2.50. The molecule has 1 atom stereocenters. The number of nitrogens with one attached hydrogen (secondary N) is 3. The van der Waals surface area contributed by atoms with Gasteiger partial charge in [-0.15, -0.1) is 0 Å². The van der Waals surface area contributed by atoms with Gasteiger partial charge < -0.3 is 20.9 Å². The van der Waals surface area contributed by atoms with E-state index in [0.29, 0.717) is 50.5 Å². The summed E-state index contributed by atoms with van der Waals surface area (Å²) in [5, 5.41) is 10.4. The summed E-state index contributed by atoms with van der Waals surface area (Å²) in [5.74, 6) is -0.407. The van der Waals surface area contributed by atoms with Gasteiger partial charge in [-0.2, -0.15) is 0 Å². The van der Waals surface area contributed by atoms with Crippen LogP contribution in [0.3, 0.4) is 0 Å². The van der Waals surface area contributed by atoms with Crippen LogP contribution in [0.2, 0.25) is 0 Å². The predicted octanol–water partition coefficient (Wildman–Crippen LogP) is -0.181. The topological polar surface area (TPSA) is 149 Å². The largest absolute Gasteiger partial charge is 0.370 e. The minimum atomic E-state index is -3.66. The third-order valence-electron chi connectivity index (χ3n) is 6.04. The highest BCUT2D eigenvalue weighted by Crippen LogP contribution is 2.19. The van der Waals surface area contributed by atoms with Crippen molar-refractivity contribution in [3.8, 4) is 0 Å². The van der Waals surface area contributed by atoms with Crippen LogP contribution in [0.1, 0.15) is 31.2 Å². The number of hydrogen-bond acceptors (Lipinski definition) is 5. The Hall–Kier alpha value is -2.66. The van der Waals surface area contributed by atoms with E-state index < -0.39 is 22.0 Å². The highest BCUT2D eigenvalue weighted by molar-refractivity contribution is 7.88. The monoisotopic (exact) mass is 464 g/mol. The zero-order valence-corrected chi connectivity index (χ0v) is 18.9. The van der Waals surface area contributed by atoms with E-state index in [1.165, 1.54) is 4.90 Å². The van der Waals surface area contributed by atoms with Crippen LogP contribution in [0.15, 0.2) is 30.3 Å². The molecule has 0 saturated carbocycles. The van der Waals surface area contributed by atoms with Gasteiger partial charge in [0.1, 0.15) is 6.04 Å². The van der Waals surface area contributed by atoms with E-state index in [4.69, 9.17) is 11.1 Å². The lowest BCUT2D eigenvalue weighted by Gasteiger charge is -2.32. The van der Waals surface area contributed by atoms with Crippen LogP contribution in [0.25, 0.3) is 0 Å². The van der Waals surface area contributed by atoms with Crippen molar-refractivity contribution < 1.29 is 18.0 Å². The number of hydrogen-bond donors (Lipinski definition) is 4. The second kappa shape index (κ2) is 10.8. The Morgan fingerprint density at radius 2 is 1.78 bits per heavy atom. The fraction of sp³-hybridized carbons (Fsp3) is 0.571. The van der Waals surface area contributed by atoms with Crippen LogP contribution in [0.5, 0.6) is 0 Å². The van der Waals surface area contributed by atoms with Crippen LogP contribution >= 0.6 is 0 Å². The van der Waals surface area contributed by atoms with Gasteiger partial charge in [-0.25, -0.2) is 13.1 Å². The second-order valence-electron chi connectivity index (χ2n) is 8.37. The molecule has 2 saturated heterocycles. The molecule has 2 aliphatic rings. The first-order valence-corrected chi connectivity index (χ1v) is 12.6. The first-order chi connectivity index (χ1) is 15.2. The summed E-state index contributed by atoms with van der Waals surface area (Å²) in [4.78, 5) is 28.6. The average molecular weight is 465 g/mol. The van der Waals surface area contributed by atoms with E-state index in [2.05, 4.69) is 10.0 Å². The van der Waals surface area contributed by atoms with Crippen molar-refractivity contribution in [2.75, 3.05) is 32.7 Å². The number of guanidine groups is 1. The highest BCUT2D eigenvalue weighted by Gasteiger charge is 2.34. The highest BCUT2D eigenvalue weighted by atomic mass is 32.2. The Morgan fingerprint density at radius 3 is 2.44 bits per heavy atom. The lowest BCUT2D eigenvalue weighted by atomic mass is 9.97. The van der Waals surface area contributed by atoms with E-state index in [1.54, 1.807) is 30.3 Å². The predicted molar refractivity (Wildman–Crippen MR) is 121 cm³/mol. The van der Waals surface area contributed by atoms with Gasteiger partial charge in [-0.1, -0.05) is 30.3 Å². The molecule has 5 N–H and O–H groups in total. The molecule has 3 rings (SSSR count). The lowest BCUT2D eigenvalue weighted by molar-refractivity contribution is -0.137. The molecule has 0 aromatic heterocycles. The average Bonchev–Trinajstić information content (AvgIpc) is 3.27. The molecule has 0 unspecified atom stereocenters. The molecular weight excluding hydrogens is 432 g/mol. The molecule has 1 aromatic carbocycles. The number of sulfonamides is 1. The van der Waals surface area contributed by atoms with E-state index in [9.17, 15) is 18.0 Å². The van der Waals surface area contributed by atoms with Gasteiger partial charge >= 0.3 is 0 Å². The summed E-state index contributed by atoms with van der Waals surface area (Å²) >= 11 is 0. The molecule has 2 heterocycles.